The quantitative estimate of drug-likeness (QED) is 0.665. The molecule has 1 aromatic carbocycles. The number of nitrogens with one attached hydrogen (secondary N) is 2. The van der Waals surface area contributed by atoms with Crippen LogP contribution in [0.5, 0.6) is 0 Å². The number of urea groups is 1. The lowest BCUT2D eigenvalue weighted by atomic mass is 10.1. The third-order valence-corrected chi connectivity index (χ3v) is 5.02. The van der Waals surface area contributed by atoms with Crippen molar-refractivity contribution in [1.82, 2.24) is 20.3 Å². The van der Waals surface area contributed by atoms with Crippen LogP contribution in [-0.4, -0.2) is 21.0 Å². The number of carbonyl (C=O) groups excluding carboxylic acids is 1. The van der Waals surface area contributed by atoms with E-state index < -0.39 is 0 Å². The SMILES string of the molecule is Cc1cnn([C@H](C)C2CC2)c1NC(=O)NCc1cc(-c2ccc(F)cc2)no1. The molecular weight excluding hydrogens is 361 g/mol. The summed E-state index contributed by atoms with van der Waals surface area (Å²) in [6.45, 7) is 4.23. The predicted molar refractivity (Wildman–Crippen MR) is 102 cm³/mol. The number of nitrogens with zero attached hydrogens (tertiary/aromatic N) is 3. The van der Waals surface area contributed by atoms with E-state index in [1.165, 1.54) is 25.0 Å². The van der Waals surface area contributed by atoms with Gasteiger partial charge in [-0.15, -0.1) is 0 Å². The number of benzene rings is 1. The number of amides is 2. The van der Waals surface area contributed by atoms with Gasteiger partial charge in [0, 0.05) is 17.2 Å². The van der Waals surface area contributed by atoms with E-state index in [-0.39, 0.29) is 24.4 Å². The first kappa shape index (κ1) is 18.2. The predicted octanol–water partition coefficient (Wildman–Crippen LogP) is 4.28. The molecule has 1 atom stereocenters. The average molecular weight is 383 g/mol. The van der Waals surface area contributed by atoms with Gasteiger partial charge in [0.1, 0.15) is 17.3 Å². The van der Waals surface area contributed by atoms with Crippen molar-refractivity contribution in [3.63, 3.8) is 0 Å². The second-order valence-corrected chi connectivity index (χ2v) is 7.19. The molecule has 4 rings (SSSR count). The standard InChI is InChI=1S/C20H22FN5O2/c1-12-10-23-26(13(2)14-3-4-14)19(12)24-20(27)22-11-17-9-18(25-28-17)15-5-7-16(21)8-6-15/h5-10,13-14H,3-4,11H2,1-2H3,(H2,22,24,27)/t13-/m1/s1. The Morgan fingerprint density at radius 2 is 2.11 bits per heavy atom. The monoisotopic (exact) mass is 383 g/mol. The van der Waals surface area contributed by atoms with Crippen LogP contribution in [0.1, 0.15) is 37.1 Å². The van der Waals surface area contributed by atoms with Crippen LogP contribution in [0.15, 0.2) is 41.1 Å². The minimum Gasteiger partial charge on any atom is -0.359 e. The van der Waals surface area contributed by atoms with Gasteiger partial charge in [-0.2, -0.15) is 5.10 Å². The van der Waals surface area contributed by atoms with Gasteiger partial charge in [0.05, 0.1) is 18.8 Å². The Bertz CT molecular complexity index is 975. The first-order valence-electron chi connectivity index (χ1n) is 9.32. The van der Waals surface area contributed by atoms with Crippen molar-refractivity contribution in [3.8, 4) is 11.3 Å². The number of aromatic nitrogens is 3. The lowest BCUT2D eigenvalue weighted by Gasteiger charge is -2.16. The van der Waals surface area contributed by atoms with Crippen LogP contribution >= 0.6 is 0 Å². The van der Waals surface area contributed by atoms with Crippen LogP contribution in [0.4, 0.5) is 15.0 Å². The van der Waals surface area contributed by atoms with Crippen LogP contribution in [0.3, 0.4) is 0 Å². The van der Waals surface area contributed by atoms with E-state index in [1.807, 2.05) is 11.6 Å². The summed E-state index contributed by atoms with van der Waals surface area (Å²) in [6, 6.07) is 7.62. The summed E-state index contributed by atoms with van der Waals surface area (Å²) in [5.74, 6) is 1.53. The van der Waals surface area contributed by atoms with E-state index in [9.17, 15) is 9.18 Å². The van der Waals surface area contributed by atoms with Crippen molar-refractivity contribution >= 4 is 11.8 Å². The lowest BCUT2D eigenvalue weighted by Crippen LogP contribution is -2.30. The number of aryl methyl sites for hydroxylation is 1. The zero-order chi connectivity index (χ0) is 19.7. The van der Waals surface area contributed by atoms with Crippen molar-refractivity contribution in [2.75, 3.05) is 5.32 Å². The van der Waals surface area contributed by atoms with Gasteiger partial charge < -0.3 is 9.84 Å². The molecular formula is C20H22FN5O2. The molecule has 0 radical (unpaired) electrons. The van der Waals surface area contributed by atoms with Crippen molar-refractivity contribution in [2.24, 2.45) is 5.92 Å². The van der Waals surface area contributed by atoms with Gasteiger partial charge >= 0.3 is 6.03 Å². The molecule has 28 heavy (non-hydrogen) atoms. The summed E-state index contributed by atoms with van der Waals surface area (Å²) in [7, 11) is 0. The maximum absolute atomic E-state index is 13.0. The van der Waals surface area contributed by atoms with Crippen molar-refractivity contribution in [1.29, 1.82) is 0 Å². The summed E-state index contributed by atoms with van der Waals surface area (Å²) in [4.78, 5) is 12.3. The van der Waals surface area contributed by atoms with E-state index in [0.29, 0.717) is 23.2 Å². The Hall–Kier alpha value is -3.16. The number of carbonyl (C=O) groups is 1. The molecule has 0 aliphatic heterocycles. The fourth-order valence-corrected chi connectivity index (χ4v) is 3.16. The van der Waals surface area contributed by atoms with Gasteiger partial charge in [0.2, 0.25) is 0 Å². The first-order valence-corrected chi connectivity index (χ1v) is 9.32. The van der Waals surface area contributed by atoms with E-state index >= 15 is 0 Å². The molecule has 1 aliphatic rings. The number of hydrogen-bond donors (Lipinski definition) is 2. The summed E-state index contributed by atoms with van der Waals surface area (Å²) >= 11 is 0. The Morgan fingerprint density at radius 3 is 2.82 bits per heavy atom. The highest BCUT2D eigenvalue weighted by Gasteiger charge is 2.31. The zero-order valence-electron chi connectivity index (χ0n) is 15.8. The molecule has 7 nitrogen and oxygen atoms in total. The van der Waals surface area contributed by atoms with Gasteiger partial charge in [-0.05, 0) is 56.9 Å². The molecule has 146 valence electrons. The Labute approximate surface area is 161 Å². The average Bonchev–Trinajstić information content (AvgIpc) is 3.33. The van der Waals surface area contributed by atoms with Gasteiger partial charge in [-0.1, -0.05) is 5.16 Å². The van der Waals surface area contributed by atoms with Crippen LogP contribution in [-0.2, 0) is 6.54 Å². The lowest BCUT2D eigenvalue weighted by molar-refractivity contribution is 0.249. The smallest absolute Gasteiger partial charge is 0.320 e. The van der Waals surface area contributed by atoms with E-state index in [4.69, 9.17) is 4.52 Å². The molecule has 2 heterocycles. The molecule has 0 spiro atoms. The van der Waals surface area contributed by atoms with E-state index in [1.54, 1.807) is 24.4 Å². The number of halogens is 1. The van der Waals surface area contributed by atoms with Gasteiger partial charge in [0.15, 0.2) is 5.76 Å². The Balaban J connectivity index is 1.36. The molecule has 1 fully saturated rings. The molecule has 1 saturated carbocycles. The summed E-state index contributed by atoms with van der Waals surface area (Å²) in [5, 5.41) is 14.0. The molecule has 2 aromatic heterocycles. The first-order chi connectivity index (χ1) is 13.5. The molecule has 1 aliphatic carbocycles. The fourth-order valence-electron chi connectivity index (χ4n) is 3.16. The van der Waals surface area contributed by atoms with Crippen molar-refractivity contribution < 1.29 is 13.7 Å². The Kier molecular flexibility index (Phi) is 4.85. The van der Waals surface area contributed by atoms with Crippen LogP contribution in [0.2, 0.25) is 0 Å². The number of hydrogen-bond acceptors (Lipinski definition) is 4. The summed E-state index contributed by atoms with van der Waals surface area (Å²) < 4.78 is 20.2. The minimum atomic E-state index is -0.340. The Morgan fingerprint density at radius 1 is 1.36 bits per heavy atom. The third kappa shape index (κ3) is 3.90. The normalized spacial score (nSPS) is 14.7. The zero-order valence-corrected chi connectivity index (χ0v) is 15.8. The van der Waals surface area contributed by atoms with Gasteiger partial charge in [-0.25, -0.2) is 13.9 Å². The molecule has 2 amide bonds. The van der Waals surface area contributed by atoms with Gasteiger partial charge in [-0.3, -0.25) is 5.32 Å². The van der Waals surface area contributed by atoms with Crippen molar-refractivity contribution in [2.45, 2.75) is 39.3 Å². The second-order valence-electron chi connectivity index (χ2n) is 7.19. The molecule has 8 heteroatoms. The van der Waals surface area contributed by atoms with E-state index in [2.05, 4.69) is 27.8 Å². The largest absolute Gasteiger partial charge is 0.359 e. The molecule has 0 unspecified atom stereocenters. The molecule has 2 N–H and O–H groups in total. The molecule has 0 bridgehead atoms. The number of anilines is 1. The third-order valence-electron chi connectivity index (χ3n) is 5.02. The van der Waals surface area contributed by atoms with Crippen LogP contribution in [0, 0.1) is 18.7 Å². The fraction of sp³-hybridized carbons (Fsp3) is 0.350. The maximum atomic E-state index is 13.0. The highest BCUT2D eigenvalue weighted by atomic mass is 19.1. The topological polar surface area (TPSA) is 85.0 Å². The highest BCUT2D eigenvalue weighted by Crippen LogP contribution is 2.40. The van der Waals surface area contributed by atoms with Crippen molar-refractivity contribution in [3.05, 3.63) is 53.7 Å². The maximum Gasteiger partial charge on any atom is 0.320 e. The number of rotatable bonds is 6. The van der Waals surface area contributed by atoms with E-state index in [0.717, 1.165) is 11.1 Å². The highest BCUT2D eigenvalue weighted by molar-refractivity contribution is 5.89. The second kappa shape index (κ2) is 7.46. The summed E-state index contributed by atoms with van der Waals surface area (Å²) in [5.41, 5.74) is 2.25. The minimum absolute atomic E-state index is 0.186. The van der Waals surface area contributed by atoms with Gasteiger partial charge in [0.25, 0.3) is 0 Å². The van der Waals surface area contributed by atoms with Crippen LogP contribution in [0.25, 0.3) is 11.3 Å². The molecule has 3 aromatic rings. The summed E-state index contributed by atoms with van der Waals surface area (Å²) in [6.07, 6.45) is 4.17. The van der Waals surface area contributed by atoms with Crippen LogP contribution < -0.4 is 10.6 Å². The molecule has 0 saturated heterocycles.